The first-order valence-corrected chi connectivity index (χ1v) is 11.6. The van der Waals surface area contributed by atoms with Gasteiger partial charge in [0.05, 0.1) is 18.6 Å². The zero-order valence-corrected chi connectivity index (χ0v) is 18.5. The van der Waals surface area contributed by atoms with Gasteiger partial charge in [-0.3, -0.25) is 14.9 Å². The van der Waals surface area contributed by atoms with E-state index in [0.29, 0.717) is 12.1 Å². The Morgan fingerprint density at radius 1 is 0.933 bits per heavy atom. The van der Waals surface area contributed by atoms with Crippen LogP contribution in [0.5, 0.6) is 0 Å². The molecule has 0 saturated heterocycles. The number of nitrogens with one attached hydrogen (secondary N) is 1. The SMILES string of the molecule is O=C(Nc1ccc(S(=O)(=O)c2ccc([N+](=O)[O-])cc2)cc1)C(I)Cc1ccccc1. The van der Waals surface area contributed by atoms with Gasteiger partial charge in [-0.05, 0) is 48.4 Å². The molecule has 3 aromatic carbocycles. The Labute approximate surface area is 187 Å². The fourth-order valence-electron chi connectivity index (χ4n) is 2.73. The third-order valence-electron chi connectivity index (χ3n) is 4.33. The van der Waals surface area contributed by atoms with E-state index in [-0.39, 0.29) is 25.3 Å². The quantitative estimate of drug-likeness (QED) is 0.208. The van der Waals surface area contributed by atoms with E-state index < -0.39 is 14.8 Å². The number of carbonyl (C=O) groups is 1. The maximum atomic E-state index is 12.7. The van der Waals surface area contributed by atoms with Crippen LogP contribution in [0.15, 0.2) is 88.7 Å². The van der Waals surface area contributed by atoms with Gasteiger partial charge < -0.3 is 5.32 Å². The lowest BCUT2D eigenvalue weighted by molar-refractivity contribution is -0.384. The number of sulfone groups is 1. The summed E-state index contributed by atoms with van der Waals surface area (Å²) in [5, 5.41) is 13.5. The van der Waals surface area contributed by atoms with Crippen LogP contribution in [-0.4, -0.2) is 23.2 Å². The van der Waals surface area contributed by atoms with Gasteiger partial charge in [-0.15, -0.1) is 0 Å². The fourth-order valence-corrected chi connectivity index (χ4v) is 4.66. The Bertz CT molecular complexity index is 1150. The molecule has 3 rings (SSSR count). The summed E-state index contributed by atoms with van der Waals surface area (Å²) in [6.07, 6.45) is 0.583. The first-order valence-electron chi connectivity index (χ1n) is 8.86. The van der Waals surface area contributed by atoms with E-state index in [1.54, 1.807) is 0 Å². The second kappa shape index (κ2) is 9.35. The van der Waals surface area contributed by atoms with Crippen LogP contribution in [0.1, 0.15) is 5.56 Å². The average molecular weight is 536 g/mol. The smallest absolute Gasteiger partial charge is 0.269 e. The Kier molecular flexibility index (Phi) is 6.83. The van der Waals surface area contributed by atoms with Crippen molar-refractivity contribution in [1.82, 2.24) is 0 Å². The second-order valence-corrected chi connectivity index (χ2v) is 9.88. The minimum absolute atomic E-state index is 0.0321. The number of carbonyl (C=O) groups excluding carboxylic acids is 1. The first kappa shape index (κ1) is 21.9. The molecule has 0 spiro atoms. The van der Waals surface area contributed by atoms with Crippen molar-refractivity contribution in [3.05, 3.63) is 94.5 Å². The van der Waals surface area contributed by atoms with Crippen LogP contribution in [0.25, 0.3) is 0 Å². The summed E-state index contributed by atoms with van der Waals surface area (Å²) < 4.78 is 25.1. The lowest BCUT2D eigenvalue weighted by atomic mass is 10.1. The van der Waals surface area contributed by atoms with Crippen LogP contribution in [-0.2, 0) is 21.1 Å². The lowest BCUT2D eigenvalue weighted by Gasteiger charge is -2.12. The van der Waals surface area contributed by atoms with E-state index in [4.69, 9.17) is 0 Å². The van der Waals surface area contributed by atoms with Gasteiger partial charge in [-0.25, -0.2) is 8.42 Å². The number of benzene rings is 3. The molecule has 0 aliphatic rings. The van der Waals surface area contributed by atoms with E-state index in [0.717, 1.165) is 17.7 Å². The number of rotatable bonds is 7. The number of halogens is 1. The van der Waals surface area contributed by atoms with Crippen LogP contribution in [0, 0.1) is 10.1 Å². The number of hydrogen-bond donors (Lipinski definition) is 1. The van der Waals surface area contributed by atoms with Crippen LogP contribution < -0.4 is 5.32 Å². The molecular formula is C21H17IN2O5S. The number of amides is 1. The summed E-state index contributed by atoms with van der Waals surface area (Å²) in [7, 11) is -3.82. The molecule has 154 valence electrons. The van der Waals surface area contributed by atoms with Crippen molar-refractivity contribution in [3.63, 3.8) is 0 Å². The van der Waals surface area contributed by atoms with Crippen LogP contribution in [0.4, 0.5) is 11.4 Å². The number of nitro groups is 1. The van der Waals surface area contributed by atoms with Crippen molar-refractivity contribution in [3.8, 4) is 0 Å². The molecule has 0 aliphatic carbocycles. The highest BCUT2D eigenvalue weighted by atomic mass is 127. The second-order valence-electron chi connectivity index (χ2n) is 6.43. The summed E-state index contributed by atoms with van der Waals surface area (Å²) in [6.45, 7) is 0. The molecular weight excluding hydrogens is 519 g/mol. The first-order chi connectivity index (χ1) is 14.3. The normalized spacial score (nSPS) is 12.2. The molecule has 0 aromatic heterocycles. The third-order valence-corrected chi connectivity index (χ3v) is 7.12. The van der Waals surface area contributed by atoms with Gasteiger partial charge in [0.15, 0.2) is 0 Å². The van der Waals surface area contributed by atoms with Crippen molar-refractivity contribution in [2.75, 3.05) is 5.32 Å². The topological polar surface area (TPSA) is 106 Å². The molecule has 0 heterocycles. The number of anilines is 1. The number of nitrogens with zero attached hydrogens (tertiary/aromatic N) is 1. The van der Waals surface area contributed by atoms with Crippen molar-refractivity contribution < 1.29 is 18.1 Å². The highest BCUT2D eigenvalue weighted by Gasteiger charge is 2.20. The van der Waals surface area contributed by atoms with Crippen molar-refractivity contribution in [2.45, 2.75) is 20.1 Å². The predicted molar refractivity (Wildman–Crippen MR) is 122 cm³/mol. The van der Waals surface area contributed by atoms with Crippen LogP contribution in [0.2, 0.25) is 0 Å². The molecule has 0 radical (unpaired) electrons. The Morgan fingerprint density at radius 3 is 2.00 bits per heavy atom. The van der Waals surface area contributed by atoms with Gasteiger partial charge in [-0.1, -0.05) is 52.9 Å². The Morgan fingerprint density at radius 2 is 1.47 bits per heavy atom. The van der Waals surface area contributed by atoms with Crippen LogP contribution in [0.3, 0.4) is 0 Å². The number of non-ortho nitro benzene ring substituents is 1. The van der Waals surface area contributed by atoms with E-state index in [1.165, 1.54) is 36.4 Å². The Hall–Kier alpha value is -2.79. The minimum Gasteiger partial charge on any atom is -0.325 e. The maximum Gasteiger partial charge on any atom is 0.269 e. The number of alkyl halides is 1. The molecule has 30 heavy (non-hydrogen) atoms. The molecule has 1 amide bonds. The predicted octanol–water partition coefficient (Wildman–Crippen LogP) is 4.41. The van der Waals surface area contributed by atoms with Crippen molar-refractivity contribution in [2.24, 2.45) is 0 Å². The van der Waals surface area contributed by atoms with Gasteiger partial charge in [-0.2, -0.15) is 0 Å². The zero-order valence-electron chi connectivity index (χ0n) is 15.6. The summed E-state index contributed by atoms with van der Waals surface area (Å²) >= 11 is 2.08. The molecule has 1 N–H and O–H groups in total. The molecule has 7 nitrogen and oxygen atoms in total. The van der Waals surface area contributed by atoms with Gasteiger partial charge in [0.25, 0.3) is 5.69 Å². The van der Waals surface area contributed by atoms with E-state index in [9.17, 15) is 23.3 Å². The maximum absolute atomic E-state index is 12.7. The third kappa shape index (κ3) is 5.22. The van der Waals surface area contributed by atoms with Gasteiger partial charge in [0, 0.05) is 17.8 Å². The molecule has 0 saturated carbocycles. The lowest BCUT2D eigenvalue weighted by Crippen LogP contribution is -2.24. The summed E-state index contributed by atoms with van der Waals surface area (Å²) in [6, 6.07) is 20.2. The largest absolute Gasteiger partial charge is 0.325 e. The van der Waals surface area contributed by atoms with E-state index >= 15 is 0 Å². The highest BCUT2D eigenvalue weighted by molar-refractivity contribution is 14.1. The molecule has 9 heteroatoms. The summed E-state index contributed by atoms with van der Waals surface area (Å²) in [4.78, 5) is 22.5. The molecule has 0 bridgehead atoms. The molecule has 0 aliphatic heterocycles. The Balaban J connectivity index is 1.69. The molecule has 1 atom stereocenters. The molecule has 1 unspecified atom stereocenters. The number of hydrogen-bond acceptors (Lipinski definition) is 5. The molecule has 0 fully saturated rings. The fraction of sp³-hybridized carbons (Fsp3) is 0.0952. The van der Waals surface area contributed by atoms with E-state index in [2.05, 4.69) is 27.9 Å². The van der Waals surface area contributed by atoms with E-state index in [1.807, 2.05) is 30.3 Å². The van der Waals surface area contributed by atoms with Crippen molar-refractivity contribution >= 4 is 49.7 Å². The van der Waals surface area contributed by atoms with Crippen LogP contribution >= 0.6 is 22.6 Å². The number of nitro benzene ring substituents is 1. The zero-order chi connectivity index (χ0) is 21.7. The van der Waals surface area contributed by atoms with Gasteiger partial charge in [0.1, 0.15) is 0 Å². The average Bonchev–Trinajstić information content (AvgIpc) is 2.75. The standard InChI is InChI=1S/C21H17IN2O5S/c22-20(14-15-4-2-1-3-5-15)21(25)23-16-6-10-18(11-7-16)30(28,29)19-12-8-17(9-13-19)24(26)27/h1-13,20H,14H2,(H,23,25). The summed E-state index contributed by atoms with van der Waals surface area (Å²) in [5.74, 6) is -0.176. The summed E-state index contributed by atoms with van der Waals surface area (Å²) in [5.41, 5.74) is 1.35. The monoisotopic (exact) mass is 536 g/mol. The minimum atomic E-state index is -3.82. The highest BCUT2D eigenvalue weighted by Crippen LogP contribution is 2.24. The van der Waals surface area contributed by atoms with Crippen molar-refractivity contribution in [1.29, 1.82) is 0 Å². The van der Waals surface area contributed by atoms with Gasteiger partial charge in [0.2, 0.25) is 15.7 Å². The molecule has 3 aromatic rings. The van der Waals surface area contributed by atoms with Gasteiger partial charge >= 0.3 is 0 Å².